The molecule has 0 unspecified atom stereocenters. The predicted octanol–water partition coefficient (Wildman–Crippen LogP) is 2.00. The maximum absolute atomic E-state index is 5.36. The molecule has 3 nitrogen and oxygen atoms in total. The molecule has 0 aliphatic rings. The van der Waals surface area contributed by atoms with E-state index in [4.69, 9.17) is 21.7 Å². The Kier molecular flexibility index (Phi) is 5.82. The van der Waals surface area contributed by atoms with E-state index < -0.39 is 0 Å². The van der Waals surface area contributed by atoms with Gasteiger partial charge in [-0.15, -0.1) is 0 Å². The first-order valence-corrected chi connectivity index (χ1v) is 5.68. The van der Waals surface area contributed by atoms with E-state index in [0.29, 0.717) is 13.2 Å². The van der Waals surface area contributed by atoms with Crippen LogP contribution in [-0.2, 0) is 4.74 Å². The van der Waals surface area contributed by atoms with Crippen LogP contribution in [0.5, 0.6) is 5.75 Å². The normalized spacial score (nSPS) is 9.88. The smallest absolute Gasteiger partial charge is 0.119 e. The van der Waals surface area contributed by atoms with Crippen molar-refractivity contribution in [3.63, 3.8) is 0 Å². The van der Waals surface area contributed by atoms with Crippen LogP contribution < -0.4 is 10.1 Å². The summed E-state index contributed by atoms with van der Waals surface area (Å²) in [6, 6.07) is 7.74. The minimum absolute atomic E-state index is 0.650. The molecule has 1 rings (SSSR count). The molecule has 0 radical (unpaired) electrons. The molecule has 88 valence electrons. The Morgan fingerprint density at radius 2 is 2.00 bits per heavy atom. The lowest BCUT2D eigenvalue weighted by Gasteiger charge is -2.08. The van der Waals surface area contributed by atoms with Crippen LogP contribution in [0.25, 0.3) is 0 Å². The van der Waals surface area contributed by atoms with Gasteiger partial charge in [-0.3, -0.25) is 0 Å². The van der Waals surface area contributed by atoms with Crippen LogP contribution in [0.15, 0.2) is 24.3 Å². The molecule has 0 saturated heterocycles. The van der Waals surface area contributed by atoms with E-state index in [-0.39, 0.29) is 0 Å². The number of hydrogen-bond acceptors (Lipinski definition) is 3. The lowest BCUT2D eigenvalue weighted by atomic mass is 10.2. The first-order valence-electron chi connectivity index (χ1n) is 5.28. The highest BCUT2D eigenvalue weighted by Crippen LogP contribution is 2.12. The fraction of sp³-hybridized carbons (Fsp3) is 0.417. The van der Waals surface area contributed by atoms with Gasteiger partial charge in [0.2, 0.25) is 0 Å². The Balaban J connectivity index is 2.49. The van der Waals surface area contributed by atoms with Crippen LogP contribution in [0.1, 0.15) is 12.5 Å². The molecular formula is C12H17NO2S. The summed E-state index contributed by atoms with van der Waals surface area (Å²) in [6.45, 7) is 4.01. The number of rotatable bonds is 6. The molecule has 0 fully saturated rings. The minimum atomic E-state index is 0.650. The minimum Gasteiger partial charge on any atom is -0.494 e. The molecule has 0 aliphatic heterocycles. The van der Waals surface area contributed by atoms with Crippen molar-refractivity contribution in [2.45, 2.75) is 6.92 Å². The molecule has 0 spiro atoms. The Morgan fingerprint density at radius 3 is 2.56 bits per heavy atom. The van der Waals surface area contributed by atoms with Gasteiger partial charge < -0.3 is 14.8 Å². The molecule has 16 heavy (non-hydrogen) atoms. The maximum atomic E-state index is 5.36. The zero-order valence-electron chi connectivity index (χ0n) is 9.66. The third-order valence-corrected chi connectivity index (χ3v) is 2.40. The van der Waals surface area contributed by atoms with Crippen LogP contribution in [0.3, 0.4) is 0 Å². The third-order valence-electron chi connectivity index (χ3n) is 2.02. The first kappa shape index (κ1) is 12.9. The van der Waals surface area contributed by atoms with Crippen molar-refractivity contribution in [1.82, 2.24) is 5.32 Å². The van der Waals surface area contributed by atoms with Crippen molar-refractivity contribution in [2.24, 2.45) is 0 Å². The first-order chi connectivity index (χ1) is 7.77. The van der Waals surface area contributed by atoms with E-state index in [1.807, 2.05) is 31.2 Å². The van der Waals surface area contributed by atoms with Crippen molar-refractivity contribution in [3.8, 4) is 5.75 Å². The Morgan fingerprint density at radius 1 is 1.31 bits per heavy atom. The van der Waals surface area contributed by atoms with Crippen molar-refractivity contribution in [1.29, 1.82) is 0 Å². The van der Waals surface area contributed by atoms with Gasteiger partial charge in [0.05, 0.1) is 13.2 Å². The lowest BCUT2D eigenvalue weighted by molar-refractivity contribution is 0.204. The van der Waals surface area contributed by atoms with Crippen LogP contribution in [0.2, 0.25) is 0 Å². The largest absolute Gasteiger partial charge is 0.494 e. The maximum Gasteiger partial charge on any atom is 0.119 e. The van der Waals surface area contributed by atoms with Gasteiger partial charge in [-0.25, -0.2) is 0 Å². The predicted molar refractivity (Wildman–Crippen MR) is 69.2 cm³/mol. The highest BCUT2D eigenvalue weighted by molar-refractivity contribution is 7.80. The average Bonchev–Trinajstić information content (AvgIpc) is 2.30. The number of ether oxygens (including phenoxy) is 2. The van der Waals surface area contributed by atoms with Crippen molar-refractivity contribution >= 4 is 17.2 Å². The molecule has 0 aromatic heterocycles. The van der Waals surface area contributed by atoms with Gasteiger partial charge in [-0.1, -0.05) is 12.2 Å². The standard InChI is InChI=1S/C12H17NO2S/c1-3-15-11-6-4-10(5-7-11)12(16)13-8-9-14-2/h4-7H,3,8-9H2,1-2H3,(H,13,16). The second-order valence-electron chi connectivity index (χ2n) is 3.21. The second kappa shape index (κ2) is 7.19. The fourth-order valence-electron chi connectivity index (χ4n) is 1.24. The zero-order chi connectivity index (χ0) is 11.8. The summed E-state index contributed by atoms with van der Waals surface area (Å²) in [7, 11) is 1.67. The Hall–Kier alpha value is -1.13. The number of nitrogens with one attached hydrogen (secondary N) is 1. The Labute approximate surface area is 102 Å². The van der Waals surface area contributed by atoms with Crippen LogP contribution in [0, 0.1) is 0 Å². The van der Waals surface area contributed by atoms with Crippen molar-refractivity contribution in [3.05, 3.63) is 29.8 Å². The summed E-state index contributed by atoms with van der Waals surface area (Å²) < 4.78 is 10.3. The molecule has 4 heteroatoms. The number of methoxy groups -OCH3 is 1. The Bertz CT molecular complexity index is 324. The molecular weight excluding hydrogens is 222 g/mol. The number of hydrogen-bond donors (Lipinski definition) is 1. The van der Waals surface area contributed by atoms with E-state index in [0.717, 1.165) is 22.8 Å². The average molecular weight is 239 g/mol. The van der Waals surface area contributed by atoms with Crippen molar-refractivity contribution in [2.75, 3.05) is 26.9 Å². The van der Waals surface area contributed by atoms with Gasteiger partial charge in [0.15, 0.2) is 0 Å². The summed E-state index contributed by atoms with van der Waals surface area (Å²) in [5, 5.41) is 3.12. The van der Waals surface area contributed by atoms with Crippen LogP contribution in [-0.4, -0.2) is 31.9 Å². The van der Waals surface area contributed by atoms with Gasteiger partial charge >= 0.3 is 0 Å². The second-order valence-corrected chi connectivity index (χ2v) is 3.61. The number of benzene rings is 1. The topological polar surface area (TPSA) is 30.5 Å². The summed E-state index contributed by atoms with van der Waals surface area (Å²) in [4.78, 5) is 0.736. The van der Waals surface area contributed by atoms with E-state index in [1.54, 1.807) is 7.11 Å². The summed E-state index contributed by atoms with van der Waals surface area (Å²) in [5.74, 6) is 0.867. The lowest BCUT2D eigenvalue weighted by Crippen LogP contribution is -2.25. The molecule has 0 aliphatic carbocycles. The summed E-state index contributed by atoms with van der Waals surface area (Å²) in [6.07, 6.45) is 0. The highest BCUT2D eigenvalue weighted by atomic mass is 32.1. The summed E-state index contributed by atoms with van der Waals surface area (Å²) in [5.41, 5.74) is 0.995. The number of thiocarbonyl (C=S) groups is 1. The highest BCUT2D eigenvalue weighted by Gasteiger charge is 2.00. The summed E-state index contributed by atoms with van der Waals surface area (Å²) >= 11 is 5.23. The fourth-order valence-corrected chi connectivity index (χ4v) is 1.48. The molecule has 1 N–H and O–H groups in total. The van der Waals surface area contributed by atoms with Crippen molar-refractivity contribution < 1.29 is 9.47 Å². The third kappa shape index (κ3) is 4.16. The van der Waals surface area contributed by atoms with Gasteiger partial charge in [0, 0.05) is 19.2 Å². The van der Waals surface area contributed by atoms with E-state index in [2.05, 4.69) is 5.32 Å². The SMILES string of the molecule is CCOc1ccc(C(=S)NCCOC)cc1. The van der Waals surface area contributed by atoms with Gasteiger partial charge in [-0.05, 0) is 31.2 Å². The monoisotopic (exact) mass is 239 g/mol. The molecule has 1 aromatic carbocycles. The quantitative estimate of drug-likeness (QED) is 0.607. The molecule has 1 aromatic rings. The zero-order valence-corrected chi connectivity index (χ0v) is 10.5. The molecule has 0 amide bonds. The van der Waals surface area contributed by atoms with Crippen LogP contribution >= 0.6 is 12.2 Å². The van der Waals surface area contributed by atoms with E-state index in [1.165, 1.54) is 0 Å². The molecule has 0 saturated carbocycles. The van der Waals surface area contributed by atoms with Gasteiger partial charge in [-0.2, -0.15) is 0 Å². The van der Waals surface area contributed by atoms with Gasteiger partial charge in [0.25, 0.3) is 0 Å². The van der Waals surface area contributed by atoms with Gasteiger partial charge in [0.1, 0.15) is 10.7 Å². The molecule has 0 atom stereocenters. The molecule has 0 heterocycles. The van der Waals surface area contributed by atoms with Crippen LogP contribution in [0.4, 0.5) is 0 Å². The van der Waals surface area contributed by atoms with E-state index >= 15 is 0 Å². The van der Waals surface area contributed by atoms with E-state index in [9.17, 15) is 0 Å². The molecule has 0 bridgehead atoms.